The third-order valence-corrected chi connectivity index (χ3v) is 4.35. The van der Waals surface area contributed by atoms with Crippen LogP contribution in [-0.2, 0) is 6.42 Å². The summed E-state index contributed by atoms with van der Waals surface area (Å²) >= 11 is 6.23. The third kappa shape index (κ3) is 2.07. The maximum Gasteiger partial charge on any atom is 0.342 e. The van der Waals surface area contributed by atoms with E-state index in [0.29, 0.717) is 11.3 Å². The number of carboxylic acid groups (broad SMARTS) is 1. The zero-order valence-corrected chi connectivity index (χ0v) is 12.4. The Bertz CT molecular complexity index is 823. The Labute approximate surface area is 126 Å². The average Bonchev–Trinajstić information content (AvgIpc) is 2.38. The number of halogens is 1. The van der Waals surface area contributed by atoms with E-state index in [1.807, 2.05) is 32.0 Å². The smallest absolute Gasteiger partial charge is 0.342 e. The summed E-state index contributed by atoms with van der Waals surface area (Å²) in [5.74, 6) is -1.25. The summed E-state index contributed by atoms with van der Waals surface area (Å²) in [6.07, 6.45) is 0.771. The topological polar surface area (TPSA) is 70.2 Å². The second-order valence-corrected chi connectivity index (χ2v) is 5.88. The van der Waals surface area contributed by atoms with Crippen LogP contribution in [0.4, 0.5) is 0 Å². The molecule has 5 heteroatoms. The van der Waals surface area contributed by atoms with Crippen LogP contribution < -0.4 is 5.56 Å². The number of H-pyrrole nitrogens is 1. The third-order valence-electron chi connectivity index (χ3n) is 3.96. The molecule has 0 amide bonds. The molecule has 108 valence electrons. The second kappa shape index (κ2) is 4.74. The number of nitrogens with one attached hydrogen (secondary N) is 1. The SMILES string of the molecule is Cc1ccc2c(c1)-c1[nH]c(=O)c(C(=O)O)c(Cl)c1C(C)C2. The van der Waals surface area contributed by atoms with Crippen molar-refractivity contribution >= 4 is 17.6 Å². The molecule has 1 atom stereocenters. The fraction of sp³-hybridized carbons (Fsp3) is 0.250. The van der Waals surface area contributed by atoms with Gasteiger partial charge in [0, 0.05) is 5.56 Å². The normalized spacial score (nSPS) is 16.2. The van der Waals surface area contributed by atoms with Crippen molar-refractivity contribution < 1.29 is 9.90 Å². The Hall–Kier alpha value is -2.07. The predicted octanol–water partition coefficient (Wildman–Crippen LogP) is 3.36. The van der Waals surface area contributed by atoms with E-state index in [1.54, 1.807) is 0 Å². The van der Waals surface area contributed by atoms with Gasteiger partial charge in [0.25, 0.3) is 5.56 Å². The number of benzene rings is 1. The van der Waals surface area contributed by atoms with Crippen LogP contribution in [-0.4, -0.2) is 16.1 Å². The van der Waals surface area contributed by atoms with Gasteiger partial charge in [-0.3, -0.25) is 4.79 Å². The highest BCUT2D eigenvalue weighted by atomic mass is 35.5. The number of aromatic nitrogens is 1. The van der Waals surface area contributed by atoms with Crippen molar-refractivity contribution in [2.24, 2.45) is 0 Å². The van der Waals surface area contributed by atoms with Crippen LogP contribution in [0.15, 0.2) is 23.0 Å². The number of fused-ring (bicyclic) bond motifs is 3. The maximum absolute atomic E-state index is 12.0. The van der Waals surface area contributed by atoms with Gasteiger partial charge in [0.15, 0.2) is 0 Å². The summed E-state index contributed by atoms with van der Waals surface area (Å²) in [7, 11) is 0. The van der Waals surface area contributed by atoms with E-state index in [4.69, 9.17) is 16.7 Å². The first kappa shape index (κ1) is 13.9. The van der Waals surface area contributed by atoms with Gasteiger partial charge < -0.3 is 10.1 Å². The van der Waals surface area contributed by atoms with Crippen LogP contribution in [0.2, 0.25) is 5.02 Å². The fourth-order valence-corrected chi connectivity index (χ4v) is 3.43. The second-order valence-electron chi connectivity index (χ2n) is 5.50. The van der Waals surface area contributed by atoms with Crippen molar-refractivity contribution in [2.75, 3.05) is 0 Å². The van der Waals surface area contributed by atoms with Crippen molar-refractivity contribution in [3.8, 4) is 11.3 Å². The molecule has 1 aliphatic rings. The van der Waals surface area contributed by atoms with Crippen molar-refractivity contribution in [1.29, 1.82) is 0 Å². The van der Waals surface area contributed by atoms with E-state index in [2.05, 4.69) is 4.98 Å². The standard InChI is InChI=1S/C16H14ClNO3/c1-7-3-4-9-6-8(2)11-13(17)12(16(20)21)15(19)18-14(11)10(9)5-7/h3-5,8H,6H2,1-2H3,(H,18,19)(H,20,21). The van der Waals surface area contributed by atoms with E-state index in [9.17, 15) is 9.59 Å². The summed E-state index contributed by atoms with van der Waals surface area (Å²) in [6.45, 7) is 3.96. The number of rotatable bonds is 1. The molecule has 0 radical (unpaired) electrons. The van der Waals surface area contributed by atoms with E-state index in [-0.39, 0.29) is 16.5 Å². The van der Waals surface area contributed by atoms with Crippen LogP contribution in [0.25, 0.3) is 11.3 Å². The Morgan fingerprint density at radius 1 is 1.43 bits per heavy atom. The minimum absolute atomic E-state index is 0.0534. The predicted molar refractivity (Wildman–Crippen MR) is 81.3 cm³/mol. The van der Waals surface area contributed by atoms with Crippen LogP contribution in [0, 0.1) is 6.92 Å². The van der Waals surface area contributed by atoms with Crippen LogP contribution in [0.3, 0.4) is 0 Å². The number of hydrogen-bond donors (Lipinski definition) is 2. The Balaban J connectivity index is 2.39. The molecule has 0 saturated carbocycles. The molecule has 0 saturated heterocycles. The summed E-state index contributed by atoms with van der Waals surface area (Å²) in [4.78, 5) is 26.0. The monoisotopic (exact) mass is 303 g/mol. The molecule has 0 fully saturated rings. The molecule has 0 spiro atoms. The number of pyridine rings is 1. The average molecular weight is 304 g/mol. The van der Waals surface area contributed by atoms with Gasteiger partial charge in [-0.25, -0.2) is 4.79 Å². The molecule has 1 heterocycles. The summed E-state index contributed by atoms with van der Waals surface area (Å²) in [5.41, 5.74) is 3.47. The largest absolute Gasteiger partial charge is 0.477 e. The quantitative estimate of drug-likeness (QED) is 0.848. The van der Waals surface area contributed by atoms with E-state index >= 15 is 0 Å². The first-order valence-corrected chi connectivity index (χ1v) is 7.06. The molecule has 0 aliphatic heterocycles. The molecule has 21 heavy (non-hydrogen) atoms. The highest BCUT2D eigenvalue weighted by Crippen LogP contribution is 2.42. The number of carboxylic acids is 1. The lowest BCUT2D eigenvalue weighted by Gasteiger charge is -2.26. The van der Waals surface area contributed by atoms with E-state index in [0.717, 1.165) is 23.1 Å². The lowest BCUT2D eigenvalue weighted by molar-refractivity contribution is 0.0695. The minimum atomic E-state index is -1.30. The molecule has 4 nitrogen and oxygen atoms in total. The number of aromatic amines is 1. The Morgan fingerprint density at radius 2 is 2.14 bits per heavy atom. The van der Waals surface area contributed by atoms with Gasteiger partial charge in [-0.1, -0.05) is 36.2 Å². The Kier molecular flexibility index (Phi) is 3.14. The van der Waals surface area contributed by atoms with Crippen LogP contribution in [0.5, 0.6) is 0 Å². The van der Waals surface area contributed by atoms with Gasteiger partial charge in [0.1, 0.15) is 5.56 Å². The molecule has 1 aliphatic carbocycles. The summed E-state index contributed by atoms with van der Waals surface area (Å²) in [5, 5.41) is 9.23. The fourth-order valence-electron chi connectivity index (χ4n) is 2.99. The zero-order chi connectivity index (χ0) is 15.3. The molecule has 1 unspecified atom stereocenters. The van der Waals surface area contributed by atoms with Crippen molar-refractivity contribution in [2.45, 2.75) is 26.2 Å². The lowest BCUT2D eigenvalue weighted by atomic mass is 9.81. The number of aromatic carboxylic acids is 1. The van der Waals surface area contributed by atoms with E-state index in [1.165, 1.54) is 0 Å². The number of carbonyl (C=O) groups is 1. The van der Waals surface area contributed by atoms with Gasteiger partial charge in [0.05, 0.1) is 10.7 Å². The van der Waals surface area contributed by atoms with Gasteiger partial charge >= 0.3 is 5.97 Å². The first-order valence-electron chi connectivity index (χ1n) is 6.69. The molecule has 2 aromatic rings. The molecule has 1 aromatic heterocycles. The zero-order valence-electron chi connectivity index (χ0n) is 11.7. The highest BCUT2D eigenvalue weighted by Gasteiger charge is 2.29. The minimum Gasteiger partial charge on any atom is -0.477 e. The molecular weight excluding hydrogens is 290 g/mol. The van der Waals surface area contributed by atoms with Crippen molar-refractivity contribution in [3.05, 3.63) is 55.8 Å². The molecule has 1 aromatic carbocycles. The van der Waals surface area contributed by atoms with Crippen LogP contribution >= 0.6 is 11.6 Å². The van der Waals surface area contributed by atoms with Crippen molar-refractivity contribution in [3.63, 3.8) is 0 Å². The summed E-state index contributed by atoms with van der Waals surface area (Å²) in [6, 6.07) is 6.07. The van der Waals surface area contributed by atoms with Gasteiger partial charge in [-0.05, 0) is 36.5 Å². The van der Waals surface area contributed by atoms with Gasteiger partial charge in [-0.2, -0.15) is 0 Å². The molecule has 2 N–H and O–H groups in total. The maximum atomic E-state index is 12.0. The van der Waals surface area contributed by atoms with Crippen molar-refractivity contribution in [1.82, 2.24) is 4.98 Å². The number of hydrogen-bond acceptors (Lipinski definition) is 2. The van der Waals surface area contributed by atoms with Gasteiger partial charge in [0.2, 0.25) is 0 Å². The molecule has 3 rings (SSSR count). The highest BCUT2D eigenvalue weighted by molar-refractivity contribution is 6.34. The molecule has 0 bridgehead atoms. The summed E-state index contributed by atoms with van der Waals surface area (Å²) < 4.78 is 0. The Morgan fingerprint density at radius 3 is 2.81 bits per heavy atom. The number of aryl methyl sites for hydroxylation is 1. The van der Waals surface area contributed by atoms with Crippen LogP contribution in [0.1, 0.15) is 39.9 Å². The molecular formula is C16H14ClNO3. The van der Waals surface area contributed by atoms with Gasteiger partial charge in [-0.15, -0.1) is 0 Å². The first-order chi connectivity index (χ1) is 9.90. The van der Waals surface area contributed by atoms with E-state index < -0.39 is 11.5 Å². The lowest BCUT2D eigenvalue weighted by Crippen LogP contribution is -2.23.